The van der Waals surface area contributed by atoms with Gasteiger partial charge in [-0.25, -0.2) is 0 Å². The average Bonchev–Trinajstić information content (AvgIpc) is 3.10. The fourth-order valence-corrected chi connectivity index (χ4v) is 4.56. The number of nitrogens with zero attached hydrogens (tertiary/aromatic N) is 1. The van der Waals surface area contributed by atoms with Gasteiger partial charge in [0.2, 0.25) is 0 Å². The van der Waals surface area contributed by atoms with Gasteiger partial charge in [0.25, 0.3) is 5.56 Å². The van der Waals surface area contributed by atoms with Crippen LogP contribution in [-0.2, 0) is 6.42 Å². The second kappa shape index (κ2) is 8.22. The molecule has 1 N–H and O–H groups in total. The van der Waals surface area contributed by atoms with Crippen molar-refractivity contribution in [3.05, 3.63) is 87.1 Å². The molecule has 0 radical (unpaired) electrons. The Morgan fingerprint density at radius 3 is 2.64 bits per heavy atom. The van der Waals surface area contributed by atoms with Crippen LogP contribution in [0.1, 0.15) is 66.2 Å². The maximum absolute atomic E-state index is 12.6. The van der Waals surface area contributed by atoms with E-state index in [1.165, 1.54) is 22.3 Å². The topological polar surface area (TPSA) is 37.3 Å². The Morgan fingerprint density at radius 1 is 1.25 bits per heavy atom. The molecule has 3 nitrogen and oxygen atoms in total. The lowest BCUT2D eigenvalue weighted by Gasteiger charge is -2.26. The number of hydrogen-bond donors (Lipinski definition) is 1. The van der Waals surface area contributed by atoms with Crippen molar-refractivity contribution in [2.24, 2.45) is 5.92 Å². The number of allylic oxidation sites excluding steroid dienone is 1. The fraction of sp³-hybridized carbons (Fsp3) is 0.400. The molecule has 3 rings (SSSR count). The monoisotopic (exact) mass is 376 g/mol. The minimum absolute atomic E-state index is 0.0276. The van der Waals surface area contributed by atoms with Crippen LogP contribution in [0.25, 0.3) is 5.52 Å². The molecule has 0 bridgehead atoms. The number of pyridine rings is 2. The Balaban J connectivity index is 2.14. The SMILES string of the molecule is C=CCC(CC)C(C)c1c(C)c(Cc2c(C)cc(C)[nH]c2=O)cc2cccn12. The van der Waals surface area contributed by atoms with Crippen LogP contribution in [0.3, 0.4) is 0 Å². The van der Waals surface area contributed by atoms with Crippen LogP contribution >= 0.6 is 0 Å². The molecule has 0 aliphatic carbocycles. The molecule has 2 unspecified atom stereocenters. The van der Waals surface area contributed by atoms with Crippen molar-refractivity contribution in [3.8, 4) is 0 Å². The maximum Gasteiger partial charge on any atom is 0.251 e. The summed E-state index contributed by atoms with van der Waals surface area (Å²) in [6.45, 7) is 14.7. The predicted octanol–water partition coefficient (Wildman–Crippen LogP) is 5.85. The second-order valence-corrected chi connectivity index (χ2v) is 8.08. The summed E-state index contributed by atoms with van der Waals surface area (Å²) in [7, 11) is 0. The highest BCUT2D eigenvalue weighted by atomic mass is 16.1. The van der Waals surface area contributed by atoms with Crippen molar-refractivity contribution in [1.82, 2.24) is 9.38 Å². The van der Waals surface area contributed by atoms with Gasteiger partial charge in [-0.15, -0.1) is 6.58 Å². The van der Waals surface area contributed by atoms with Crippen molar-refractivity contribution in [2.45, 2.75) is 59.8 Å². The largest absolute Gasteiger partial charge is 0.326 e. The molecule has 3 heterocycles. The molecule has 0 aliphatic heterocycles. The Bertz CT molecular complexity index is 1050. The van der Waals surface area contributed by atoms with Crippen LogP contribution in [0, 0.1) is 26.7 Å². The van der Waals surface area contributed by atoms with Gasteiger partial charge in [0.1, 0.15) is 0 Å². The Labute approximate surface area is 168 Å². The summed E-state index contributed by atoms with van der Waals surface area (Å²) in [4.78, 5) is 15.5. The highest BCUT2D eigenvalue weighted by Gasteiger charge is 2.22. The van der Waals surface area contributed by atoms with Gasteiger partial charge in [-0.3, -0.25) is 4.79 Å². The van der Waals surface area contributed by atoms with E-state index in [0.717, 1.165) is 29.7 Å². The first kappa shape index (κ1) is 20.2. The maximum atomic E-state index is 12.6. The second-order valence-electron chi connectivity index (χ2n) is 8.08. The highest BCUT2D eigenvalue weighted by molar-refractivity contribution is 5.56. The van der Waals surface area contributed by atoms with E-state index in [-0.39, 0.29) is 5.56 Å². The lowest BCUT2D eigenvalue weighted by Crippen LogP contribution is -2.18. The summed E-state index contributed by atoms with van der Waals surface area (Å²) < 4.78 is 2.32. The number of H-pyrrole nitrogens is 1. The van der Waals surface area contributed by atoms with Crippen molar-refractivity contribution >= 4 is 5.52 Å². The fourth-order valence-electron chi connectivity index (χ4n) is 4.56. The van der Waals surface area contributed by atoms with Crippen LogP contribution in [0.5, 0.6) is 0 Å². The normalized spacial score (nSPS) is 13.6. The lowest BCUT2D eigenvalue weighted by molar-refractivity contribution is 0.426. The number of nitrogens with one attached hydrogen (secondary N) is 1. The first-order valence-corrected chi connectivity index (χ1v) is 10.3. The molecule has 3 aromatic rings. The van der Waals surface area contributed by atoms with Gasteiger partial charge in [-0.05, 0) is 74.1 Å². The van der Waals surface area contributed by atoms with E-state index in [0.29, 0.717) is 18.3 Å². The Morgan fingerprint density at radius 2 is 2.00 bits per heavy atom. The van der Waals surface area contributed by atoms with E-state index in [1.54, 1.807) is 0 Å². The van der Waals surface area contributed by atoms with E-state index in [4.69, 9.17) is 0 Å². The molecule has 28 heavy (non-hydrogen) atoms. The van der Waals surface area contributed by atoms with E-state index in [2.05, 4.69) is 67.2 Å². The highest BCUT2D eigenvalue weighted by Crippen LogP contribution is 2.34. The minimum atomic E-state index is 0.0276. The summed E-state index contributed by atoms with van der Waals surface area (Å²) in [5, 5.41) is 0. The summed E-state index contributed by atoms with van der Waals surface area (Å²) in [5.41, 5.74) is 7.93. The number of hydrogen-bond acceptors (Lipinski definition) is 1. The average molecular weight is 377 g/mol. The lowest BCUT2D eigenvalue weighted by atomic mass is 9.83. The van der Waals surface area contributed by atoms with Crippen LogP contribution < -0.4 is 5.56 Å². The third kappa shape index (κ3) is 3.71. The van der Waals surface area contributed by atoms with Gasteiger partial charge < -0.3 is 9.38 Å². The van der Waals surface area contributed by atoms with E-state index < -0.39 is 0 Å². The Kier molecular flexibility index (Phi) is 5.93. The minimum Gasteiger partial charge on any atom is -0.326 e. The zero-order valence-electron chi connectivity index (χ0n) is 17.8. The van der Waals surface area contributed by atoms with Crippen molar-refractivity contribution in [2.75, 3.05) is 0 Å². The standard InChI is InChI=1S/C25H32N2O/c1-7-10-20(8-2)18(5)24-19(6)21(14-22-11-9-12-27(22)24)15-23-16(3)13-17(4)26-25(23)28/h7,9,11-14,18,20H,1,8,10,15H2,2-6H3,(H,26,28). The van der Waals surface area contributed by atoms with Crippen LogP contribution in [0.4, 0.5) is 0 Å². The van der Waals surface area contributed by atoms with E-state index in [9.17, 15) is 4.79 Å². The molecule has 3 heteroatoms. The summed E-state index contributed by atoms with van der Waals surface area (Å²) in [6, 6.07) is 8.55. The molecule has 2 atom stereocenters. The van der Waals surface area contributed by atoms with Gasteiger partial charge in [0.05, 0.1) is 0 Å². The smallest absolute Gasteiger partial charge is 0.251 e. The van der Waals surface area contributed by atoms with Crippen molar-refractivity contribution in [3.63, 3.8) is 0 Å². The van der Waals surface area contributed by atoms with Gasteiger partial charge in [0, 0.05) is 41.0 Å². The number of aryl methyl sites for hydroxylation is 2. The van der Waals surface area contributed by atoms with Gasteiger partial charge in [0.15, 0.2) is 0 Å². The molecule has 3 aromatic heterocycles. The van der Waals surface area contributed by atoms with Gasteiger partial charge in [-0.1, -0.05) is 26.3 Å². The van der Waals surface area contributed by atoms with E-state index in [1.807, 2.05) is 19.9 Å². The van der Waals surface area contributed by atoms with Crippen LogP contribution in [0.15, 0.2) is 47.9 Å². The third-order valence-corrected chi connectivity index (χ3v) is 6.22. The molecular formula is C25H32N2O. The van der Waals surface area contributed by atoms with E-state index >= 15 is 0 Å². The molecule has 0 saturated carbocycles. The van der Waals surface area contributed by atoms with Crippen molar-refractivity contribution < 1.29 is 0 Å². The number of rotatable bonds is 7. The first-order valence-electron chi connectivity index (χ1n) is 10.3. The molecular weight excluding hydrogens is 344 g/mol. The summed E-state index contributed by atoms with van der Waals surface area (Å²) in [5.74, 6) is 0.969. The zero-order valence-corrected chi connectivity index (χ0v) is 17.8. The summed E-state index contributed by atoms with van der Waals surface area (Å²) in [6.07, 6.45) is 6.98. The molecule has 0 fully saturated rings. The summed E-state index contributed by atoms with van der Waals surface area (Å²) >= 11 is 0. The van der Waals surface area contributed by atoms with Gasteiger partial charge >= 0.3 is 0 Å². The third-order valence-electron chi connectivity index (χ3n) is 6.22. The molecule has 0 spiro atoms. The molecule has 0 aliphatic rings. The first-order chi connectivity index (χ1) is 13.4. The van der Waals surface area contributed by atoms with Crippen LogP contribution in [-0.4, -0.2) is 9.38 Å². The number of fused-ring (bicyclic) bond motifs is 1. The number of aromatic nitrogens is 2. The van der Waals surface area contributed by atoms with Gasteiger partial charge in [-0.2, -0.15) is 0 Å². The molecule has 148 valence electrons. The quantitative estimate of drug-likeness (QED) is 0.516. The van der Waals surface area contributed by atoms with Crippen molar-refractivity contribution in [1.29, 1.82) is 0 Å². The predicted molar refractivity (Wildman–Crippen MR) is 118 cm³/mol. The zero-order chi connectivity index (χ0) is 20.4. The molecule has 0 aromatic carbocycles. The molecule has 0 amide bonds. The number of aromatic amines is 1. The van der Waals surface area contributed by atoms with Crippen LogP contribution in [0.2, 0.25) is 0 Å². The molecule has 0 saturated heterocycles. The Hall–Kier alpha value is -2.55.